The first-order valence-electron chi connectivity index (χ1n) is 10.4. The minimum Gasteiger partial charge on any atom is -0.346 e. The fourth-order valence-corrected chi connectivity index (χ4v) is 4.14. The Balaban J connectivity index is 1.49. The van der Waals surface area contributed by atoms with E-state index >= 15 is 0 Å². The number of nitrogens with zero attached hydrogens (tertiary/aromatic N) is 3. The van der Waals surface area contributed by atoms with Gasteiger partial charge in [-0.1, -0.05) is 30.3 Å². The van der Waals surface area contributed by atoms with Crippen molar-refractivity contribution in [2.75, 3.05) is 32.7 Å². The first-order chi connectivity index (χ1) is 13.9. The van der Waals surface area contributed by atoms with Crippen LogP contribution < -0.4 is 5.32 Å². The molecule has 0 aliphatic carbocycles. The van der Waals surface area contributed by atoms with E-state index in [4.69, 9.17) is 0 Å². The number of nitrogens with one attached hydrogen (secondary N) is 1. The number of hydrogen-bond donors (Lipinski definition) is 1. The molecule has 1 aromatic carbocycles. The van der Waals surface area contributed by atoms with E-state index in [0.29, 0.717) is 45.3 Å². The van der Waals surface area contributed by atoms with Crippen LogP contribution in [0.1, 0.15) is 47.2 Å². The highest BCUT2D eigenvalue weighted by Crippen LogP contribution is 2.21. The lowest BCUT2D eigenvalue weighted by atomic mass is 10.1. The van der Waals surface area contributed by atoms with Crippen LogP contribution >= 0.6 is 0 Å². The van der Waals surface area contributed by atoms with E-state index in [-0.39, 0.29) is 11.8 Å². The minimum atomic E-state index is -0.0414. The largest absolute Gasteiger partial charge is 0.346 e. The molecule has 3 rings (SSSR count). The SMILES string of the molecule is Cc1cc(C(=O)CN2CCN(C(=O)NCc3ccccc3)CC2)c(C)n1C(C)C. The van der Waals surface area contributed by atoms with Crippen molar-refractivity contribution in [1.82, 2.24) is 19.7 Å². The summed E-state index contributed by atoms with van der Waals surface area (Å²) >= 11 is 0. The van der Waals surface area contributed by atoms with E-state index in [1.54, 1.807) is 0 Å². The molecule has 29 heavy (non-hydrogen) atoms. The highest BCUT2D eigenvalue weighted by molar-refractivity contribution is 5.99. The normalized spacial score (nSPS) is 15.0. The lowest BCUT2D eigenvalue weighted by Crippen LogP contribution is -2.52. The van der Waals surface area contributed by atoms with Gasteiger partial charge in [0.1, 0.15) is 0 Å². The Bertz CT molecular complexity index is 849. The van der Waals surface area contributed by atoms with E-state index in [9.17, 15) is 9.59 Å². The van der Waals surface area contributed by atoms with Crippen LogP contribution in [0.5, 0.6) is 0 Å². The molecule has 0 bridgehead atoms. The van der Waals surface area contributed by atoms with Gasteiger partial charge in [0.25, 0.3) is 0 Å². The quantitative estimate of drug-likeness (QED) is 0.762. The summed E-state index contributed by atoms with van der Waals surface area (Å²) in [5, 5.41) is 2.98. The first-order valence-corrected chi connectivity index (χ1v) is 10.4. The number of urea groups is 1. The first kappa shape index (κ1) is 21.1. The number of aryl methyl sites for hydroxylation is 1. The van der Waals surface area contributed by atoms with Crippen molar-refractivity contribution in [3.8, 4) is 0 Å². The molecule has 1 saturated heterocycles. The second-order valence-electron chi connectivity index (χ2n) is 8.08. The Hall–Kier alpha value is -2.60. The van der Waals surface area contributed by atoms with Gasteiger partial charge in [0.2, 0.25) is 0 Å². The van der Waals surface area contributed by atoms with Crippen LogP contribution in [0.2, 0.25) is 0 Å². The fourth-order valence-electron chi connectivity index (χ4n) is 4.14. The van der Waals surface area contributed by atoms with Gasteiger partial charge in [-0.15, -0.1) is 0 Å². The molecule has 1 fully saturated rings. The van der Waals surface area contributed by atoms with Gasteiger partial charge in [-0.25, -0.2) is 4.79 Å². The molecule has 2 heterocycles. The topological polar surface area (TPSA) is 57.6 Å². The molecule has 1 aliphatic heterocycles. The molecule has 0 saturated carbocycles. The standard InChI is InChI=1S/C23H32N4O2/c1-17(2)27-18(3)14-21(19(27)4)22(28)16-25-10-12-26(13-11-25)23(29)24-15-20-8-6-5-7-9-20/h5-9,14,17H,10-13,15-16H2,1-4H3,(H,24,29). The average molecular weight is 397 g/mol. The zero-order valence-corrected chi connectivity index (χ0v) is 17.9. The molecule has 6 heteroatoms. The number of carbonyl (C=O) groups is 2. The number of rotatable bonds is 6. The van der Waals surface area contributed by atoms with E-state index < -0.39 is 0 Å². The van der Waals surface area contributed by atoms with Crippen molar-refractivity contribution in [3.63, 3.8) is 0 Å². The summed E-state index contributed by atoms with van der Waals surface area (Å²) in [6.07, 6.45) is 0. The van der Waals surface area contributed by atoms with E-state index in [2.05, 4.69) is 35.6 Å². The number of carbonyl (C=O) groups excluding carboxylic acids is 2. The molecule has 6 nitrogen and oxygen atoms in total. The number of piperazine rings is 1. The number of hydrogen-bond acceptors (Lipinski definition) is 3. The summed E-state index contributed by atoms with van der Waals surface area (Å²) in [4.78, 5) is 29.2. The van der Waals surface area contributed by atoms with Crippen molar-refractivity contribution < 1.29 is 9.59 Å². The number of benzene rings is 1. The van der Waals surface area contributed by atoms with Gasteiger partial charge in [0, 0.05) is 55.7 Å². The van der Waals surface area contributed by atoms with Crippen molar-refractivity contribution in [1.29, 1.82) is 0 Å². The maximum Gasteiger partial charge on any atom is 0.317 e. The van der Waals surface area contributed by atoms with E-state index in [1.165, 1.54) is 0 Å². The van der Waals surface area contributed by atoms with Gasteiger partial charge in [-0.05, 0) is 39.3 Å². The molecule has 1 aliphatic rings. The monoisotopic (exact) mass is 396 g/mol. The second kappa shape index (κ2) is 9.27. The second-order valence-corrected chi connectivity index (χ2v) is 8.08. The van der Waals surface area contributed by atoms with Gasteiger partial charge in [-0.2, -0.15) is 0 Å². The fraction of sp³-hybridized carbons (Fsp3) is 0.478. The number of amides is 2. The van der Waals surface area contributed by atoms with Crippen LogP contribution in [0.25, 0.3) is 0 Å². The molecular weight excluding hydrogens is 364 g/mol. The Kier molecular flexibility index (Phi) is 6.75. The summed E-state index contributed by atoms with van der Waals surface area (Å²) in [5.74, 6) is 0.159. The van der Waals surface area contributed by atoms with Crippen LogP contribution in [-0.2, 0) is 6.54 Å². The highest BCUT2D eigenvalue weighted by atomic mass is 16.2. The highest BCUT2D eigenvalue weighted by Gasteiger charge is 2.24. The maximum atomic E-state index is 12.8. The summed E-state index contributed by atoms with van der Waals surface area (Å²) in [6.45, 7) is 12.0. The predicted octanol–water partition coefficient (Wildman–Crippen LogP) is 3.40. The van der Waals surface area contributed by atoms with Crippen LogP contribution in [0.15, 0.2) is 36.4 Å². The van der Waals surface area contributed by atoms with Crippen LogP contribution in [-0.4, -0.2) is 58.9 Å². The van der Waals surface area contributed by atoms with Gasteiger partial charge >= 0.3 is 6.03 Å². The van der Waals surface area contributed by atoms with Crippen molar-refractivity contribution in [2.24, 2.45) is 0 Å². The van der Waals surface area contributed by atoms with E-state index in [1.807, 2.05) is 48.2 Å². The summed E-state index contributed by atoms with van der Waals surface area (Å²) in [5.41, 5.74) is 4.07. The zero-order valence-electron chi connectivity index (χ0n) is 17.9. The molecule has 1 aromatic heterocycles. The van der Waals surface area contributed by atoms with Crippen molar-refractivity contribution in [3.05, 3.63) is 58.9 Å². The molecule has 0 spiro atoms. The number of ketones is 1. The number of Topliss-reactive ketones (excluding diaryl/α,β-unsaturated/α-hetero) is 1. The summed E-state index contributed by atoms with van der Waals surface area (Å²) < 4.78 is 2.21. The zero-order chi connectivity index (χ0) is 21.0. The van der Waals surface area contributed by atoms with Gasteiger partial charge in [0.05, 0.1) is 6.54 Å². The third-order valence-corrected chi connectivity index (χ3v) is 5.61. The van der Waals surface area contributed by atoms with Gasteiger partial charge < -0.3 is 14.8 Å². The van der Waals surface area contributed by atoms with Crippen molar-refractivity contribution >= 4 is 11.8 Å². The minimum absolute atomic E-state index is 0.0414. The molecule has 2 aromatic rings. The lowest BCUT2D eigenvalue weighted by molar-refractivity contribution is 0.0877. The average Bonchev–Trinajstić information content (AvgIpc) is 3.01. The van der Waals surface area contributed by atoms with Gasteiger partial charge in [-0.3, -0.25) is 9.69 Å². The predicted molar refractivity (Wildman–Crippen MR) is 115 cm³/mol. The number of aromatic nitrogens is 1. The van der Waals surface area contributed by atoms with Crippen molar-refractivity contribution in [2.45, 2.75) is 40.3 Å². The third kappa shape index (κ3) is 5.07. The van der Waals surface area contributed by atoms with Crippen LogP contribution in [0.3, 0.4) is 0 Å². The molecule has 0 radical (unpaired) electrons. The smallest absolute Gasteiger partial charge is 0.317 e. The molecule has 0 atom stereocenters. The molecule has 0 unspecified atom stereocenters. The Morgan fingerprint density at radius 2 is 1.69 bits per heavy atom. The maximum absolute atomic E-state index is 12.8. The van der Waals surface area contributed by atoms with E-state index in [0.717, 1.165) is 22.5 Å². The molecule has 156 valence electrons. The Labute approximate surface area is 173 Å². The van der Waals surface area contributed by atoms with Crippen LogP contribution in [0, 0.1) is 13.8 Å². The molecule has 2 amide bonds. The molecule has 1 N–H and O–H groups in total. The molecular formula is C23H32N4O2. The van der Waals surface area contributed by atoms with Crippen LogP contribution in [0.4, 0.5) is 4.79 Å². The Morgan fingerprint density at radius 3 is 2.28 bits per heavy atom. The Morgan fingerprint density at radius 1 is 1.03 bits per heavy atom. The summed E-state index contributed by atoms with van der Waals surface area (Å²) in [6, 6.07) is 12.2. The van der Waals surface area contributed by atoms with Gasteiger partial charge in [0.15, 0.2) is 5.78 Å². The lowest BCUT2D eigenvalue weighted by Gasteiger charge is -2.34. The third-order valence-electron chi connectivity index (χ3n) is 5.61. The summed E-state index contributed by atoms with van der Waals surface area (Å²) in [7, 11) is 0.